The molecule has 1 heterocycles. The van der Waals surface area contributed by atoms with Gasteiger partial charge in [-0.2, -0.15) is 0 Å². The van der Waals surface area contributed by atoms with E-state index in [2.05, 4.69) is 32.3 Å². The molecular weight excluding hydrogens is 264 g/mol. The van der Waals surface area contributed by atoms with Gasteiger partial charge in [0.15, 0.2) is 0 Å². The minimum absolute atomic E-state index is 0.388. The summed E-state index contributed by atoms with van der Waals surface area (Å²) in [6, 6.07) is 4.43. The zero-order valence-electron chi connectivity index (χ0n) is 9.75. The molecule has 2 rings (SSSR count). The lowest BCUT2D eigenvalue weighted by Crippen LogP contribution is -2.20. The van der Waals surface area contributed by atoms with E-state index in [9.17, 15) is 0 Å². The Kier molecular flexibility index (Phi) is 4.36. The SMILES string of the molecule is CNC(CC1CCCC1)c1ncccc1Br. The first kappa shape index (κ1) is 12.1. The van der Waals surface area contributed by atoms with Gasteiger partial charge in [0.25, 0.3) is 0 Å². The molecule has 1 unspecified atom stereocenters. The van der Waals surface area contributed by atoms with Gasteiger partial charge in [-0.05, 0) is 47.4 Å². The molecule has 0 aliphatic heterocycles. The molecule has 16 heavy (non-hydrogen) atoms. The molecule has 2 nitrogen and oxygen atoms in total. The summed E-state index contributed by atoms with van der Waals surface area (Å²) in [5.74, 6) is 0.881. The maximum absolute atomic E-state index is 4.48. The van der Waals surface area contributed by atoms with E-state index < -0.39 is 0 Å². The molecule has 1 aromatic rings. The van der Waals surface area contributed by atoms with Gasteiger partial charge in [-0.3, -0.25) is 4.98 Å². The molecule has 1 N–H and O–H groups in total. The van der Waals surface area contributed by atoms with E-state index in [1.807, 2.05) is 19.3 Å². The number of halogens is 1. The lowest BCUT2D eigenvalue weighted by molar-refractivity contribution is 0.407. The quantitative estimate of drug-likeness (QED) is 0.911. The Morgan fingerprint density at radius 1 is 1.50 bits per heavy atom. The van der Waals surface area contributed by atoms with Crippen LogP contribution in [0.2, 0.25) is 0 Å². The van der Waals surface area contributed by atoms with Crippen LogP contribution in [0, 0.1) is 5.92 Å². The Hall–Kier alpha value is -0.410. The van der Waals surface area contributed by atoms with E-state index in [0.717, 1.165) is 16.1 Å². The highest BCUT2D eigenvalue weighted by molar-refractivity contribution is 9.10. The van der Waals surface area contributed by atoms with E-state index in [1.165, 1.54) is 32.1 Å². The fourth-order valence-electron chi connectivity index (χ4n) is 2.60. The minimum Gasteiger partial charge on any atom is -0.312 e. The molecular formula is C13H19BrN2. The second-order valence-electron chi connectivity index (χ2n) is 4.60. The summed E-state index contributed by atoms with van der Waals surface area (Å²) in [4.78, 5) is 4.48. The number of nitrogens with one attached hydrogen (secondary N) is 1. The molecule has 0 aromatic carbocycles. The van der Waals surface area contributed by atoms with E-state index in [1.54, 1.807) is 0 Å². The highest BCUT2D eigenvalue weighted by Gasteiger charge is 2.22. The average molecular weight is 283 g/mol. The second-order valence-corrected chi connectivity index (χ2v) is 5.45. The number of rotatable bonds is 4. The Bertz CT molecular complexity index is 334. The number of hydrogen-bond donors (Lipinski definition) is 1. The lowest BCUT2D eigenvalue weighted by atomic mass is 9.96. The van der Waals surface area contributed by atoms with Gasteiger partial charge in [0.1, 0.15) is 0 Å². The predicted octanol–water partition coefficient (Wildman–Crippen LogP) is 3.68. The van der Waals surface area contributed by atoms with Crippen LogP contribution in [0.15, 0.2) is 22.8 Å². The smallest absolute Gasteiger partial charge is 0.0714 e. The molecule has 0 radical (unpaired) electrons. The van der Waals surface area contributed by atoms with Gasteiger partial charge in [-0.25, -0.2) is 0 Å². The molecule has 3 heteroatoms. The van der Waals surface area contributed by atoms with Crippen LogP contribution in [-0.4, -0.2) is 12.0 Å². The second kappa shape index (κ2) is 5.78. The zero-order chi connectivity index (χ0) is 11.4. The largest absolute Gasteiger partial charge is 0.312 e. The molecule has 0 bridgehead atoms. The fourth-order valence-corrected chi connectivity index (χ4v) is 3.13. The van der Waals surface area contributed by atoms with Crippen molar-refractivity contribution < 1.29 is 0 Å². The van der Waals surface area contributed by atoms with Crippen molar-refractivity contribution in [2.24, 2.45) is 5.92 Å². The maximum atomic E-state index is 4.48. The molecule has 1 fully saturated rings. The summed E-state index contributed by atoms with van der Waals surface area (Å²) in [7, 11) is 2.03. The third kappa shape index (κ3) is 2.83. The van der Waals surface area contributed by atoms with Crippen molar-refractivity contribution in [3.8, 4) is 0 Å². The van der Waals surface area contributed by atoms with Crippen LogP contribution in [0.4, 0.5) is 0 Å². The van der Waals surface area contributed by atoms with Crippen LogP contribution in [0.1, 0.15) is 43.8 Å². The van der Waals surface area contributed by atoms with Crippen LogP contribution in [0.3, 0.4) is 0 Å². The van der Waals surface area contributed by atoms with Gasteiger partial charge < -0.3 is 5.32 Å². The Morgan fingerprint density at radius 3 is 2.88 bits per heavy atom. The monoisotopic (exact) mass is 282 g/mol. The van der Waals surface area contributed by atoms with Crippen LogP contribution in [-0.2, 0) is 0 Å². The summed E-state index contributed by atoms with van der Waals surface area (Å²) in [5.41, 5.74) is 1.15. The number of nitrogens with zero attached hydrogens (tertiary/aromatic N) is 1. The number of hydrogen-bond acceptors (Lipinski definition) is 2. The van der Waals surface area contributed by atoms with Crippen LogP contribution in [0.5, 0.6) is 0 Å². The molecule has 1 saturated carbocycles. The third-order valence-electron chi connectivity index (χ3n) is 3.51. The Labute approximate surface area is 106 Å². The standard InChI is InChI=1S/C13H19BrN2/c1-15-12(9-10-5-2-3-6-10)13-11(14)7-4-8-16-13/h4,7-8,10,12,15H,2-3,5-6,9H2,1H3. The van der Waals surface area contributed by atoms with E-state index in [-0.39, 0.29) is 0 Å². The van der Waals surface area contributed by atoms with Crippen LogP contribution < -0.4 is 5.32 Å². The molecule has 0 spiro atoms. The Morgan fingerprint density at radius 2 is 2.25 bits per heavy atom. The van der Waals surface area contributed by atoms with Gasteiger partial charge in [0, 0.05) is 10.7 Å². The molecule has 1 aliphatic rings. The van der Waals surface area contributed by atoms with E-state index in [0.29, 0.717) is 6.04 Å². The van der Waals surface area contributed by atoms with E-state index in [4.69, 9.17) is 0 Å². The molecule has 1 aromatic heterocycles. The summed E-state index contributed by atoms with van der Waals surface area (Å²) < 4.78 is 1.12. The molecule has 1 atom stereocenters. The summed E-state index contributed by atoms with van der Waals surface area (Å²) in [6.45, 7) is 0. The summed E-state index contributed by atoms with van der Waals surface area (Å²) in [5, 5.41) is 3.39. The molecule has 0 amide bonds. The van der Waals surface area contributed by atoms with Crippen molar-refractivity contribution in [3.63, 3.8) is 0 Å². The van der Waals surface area contributed by atoms with Gasteiger partial charge in [0.2, 0.25) is 0 Å². The van der Waals surface area contributed by atoms with Crippen LogP contribution in [0.25, 0.3) is 0 Å². The van der Waals surface area contributed by atoms with Crippen LogP contribution >= 0.6 is 15.9 Å². The number of pyridine rings is 1. The van der Waals surface area contributed by atoms with Gasteiger partial charge in [-0.1, -0.05) is 25.7 Å². The zero-order valence-corrected chi connectivity index (χ0v) is 11.3. The average Bonchev–Trinajstić information content (AvgIpc) is 2.80. The summed E-state index contributed by atoms with van der Waals surface area (Å²) in [6.07, 6.45) is 8.69. The third-order valence-corrected chi connectivity index (χ3v) is 4.18. The van der Waals surface area contributed by atoms with Crippen molar-refractivity contribution in [2.75, 3.05) is 7.05 Å². The van der Waals surface area contributed by atoms with Crippen molar-refractivity contribution in [1.82, 2.24) is 10.3 Å². The first-order valence-electron chi connectivity index (χ1n) is 6.09. The Balaban J connectivity index is 2.06. The predicted molar refractivity (Wildman–Crippen MR) is 70.3 cm³/mol. The highest BCUT2D eigenvalue weighted by Crippen LogP contribution is 2.33. The first-order valence-corrected chi connectivity index (χ1v) is 6.88. The normalized spacial score (nSPS) is 18.9. The molecule has 88 valence electrons. The van der Waals surface area contributed by atoms with Crippen molar-refractivity contribution in [2.45, 2.75) is 38.1 Å². The molecule has 1 aliphatic carbocycles. The summed E-state index contributed by atoms with van der Waals surface area (Å²) >= 11 is 3.58. The topological polar surface area (TPSA) is 24.9 Å². The van der Waals surface area contributed by atoms with E-state index >= 15 is 0 Å². The highest BCUT2D eigenvalue weighted by atomic mass is 79.9. The molecule has 0 saturated heterocycles. The fraction of sp³-hybridized carbons (Fsp3) is 0.615. The first-order chi connectivity index (χ1) is 7.81. The van der Waals surface area contributed by atoms with Crippen molar-refractivity contribution in [3.05, 3.63) is 28.5 Å². The maximum Gasteiger partial charge on any atom is 0.0714 e. The minimum atomic E-state index is 0.388. The van der Waals surface area contributed by atoms with Crippen molar-refractivity contribution in [1.29, 1.82) is 0 Å². The van der Waals surface area contributed by atoms with Gasteiger partial charge in [0.05, 0.1) is 11.7 Å². The van der Waals surface area contributed by atoms with Gasteiger partial charge in [-0.15, -0.1) is 0 Å². The lowest BCUT2D eigenvalue weighted by Gasteiger charge is -2.20. The van der Waals surface area contributed by atoms with Gasteiger partial charge >= 0.3 is 0 Å². The van der Waals surface area contributed by atoms with Crippen molar-refractivity contribution >= 4 is 15.9 Å². The number of aromatic nitrogens is 1.